The van der Waals surface area contributed by atoms with Crippen molar-refractivity contribution >= 4 is 17.8 Å². The quantitative estimate of drug-likeness (QED) is 0.643. The van der Waals surface area contributed by atoms with Crippen molar-refractivity contribution in [1.29, 1.82) is 0 Å². The second-order valence-corrected chi connectivity index (χ2v) is 5.36. The molecule has 0 aliphatic rings. The molecule has 0 saturated heterocycles. The largest absolute Gasteiger partial charge is 0.493 e. The minimum atomic E-state index is -0.881. The molecule has 0 aromatic heterocycles. The molecule has 9 heteroatoms. The van der Waals surface area contributed by atoms with E-state index >= 15 is 0 Å². The summed E-state index contributed by atoms with van der Waals surface area (Å²) in [7, 11) is 5.54. The van der Waals surface area contributed by atoms with Gasteiger partial charge in [-0.15, -0.1) is 0 Å². The van der Waals surface area contributed by atoms with Crippen molar-refractivity contribution < 1.29 is 33.3 Å². The minimum Gasteiger partial charge on any atom is -0.493 e. The van der Waals surface area contributed by atoms with Gasteiger partial charge in [0.2, 0.25) is 11.7 Å². The second kappa shape index (κ2) is 9.50. The van der Waals surface area contributed by atoms with Crippen molar-refractivity contribution in [3.05, 3.63) is 17.7 Å². The molecular formula is C17H24N2O7. The summed E-state index contributed by atoms with van der Waals surface area (Å²) in [5.41, 5.74) is 0.222. The molecule has 2 atom stereocenters. The van der Waals surface area contributed by atoms with Gasteiger partial charge in [-0.3, -0.25) is 9.59 Å². The van der Waals surface area contributed by atoms with Crippen molar-refractivity contribution in [1.82, 2.24) is 10.6 Å². The first-order chi connectivity index (χ1) is 12.3. The summed E-state index contributed by atoms with van der Waals surface area (Å²) in [6.07, 6.45) is 0. The molecule has 2 amide bonds. The standard InChI is InChI=1S/C17H24N2O7/c1-9(15(20)19-10(2)17(22)26-6)18-16(21)11-7-12(23-3)14(25-5)13(8-11)24-4/h7-10H,1-6H3,(H,18,21)(H,19,20)/t9-,10-/m1/s1. The summed E-state index contributed by atoms with van der Waals surface area (Å²) in [5.74, 6) is -0.645. The Morgan fingerprint density at radius 2 is 1.38 bits per heavy atom. The number of hydrogen-bond acceptors (Lipinski definition) is 7. The van der Waals surface area contributed by atoms with Gasteiger partial charge in [0.1, 0.15) is 12.1 Å². The molecule has 0 unspecified atom stereocenters. The van der Waals surface area contributed by atoms with E-state index in [0.717, 1.165) is 0 Å². The molecule has 2 N–H and O–H groups in total. The zero-order valence-electron chi connectivity index (χ0n) is 15.7. The molecule has 1 aromatic rings. The molecule has 9 nitrogen and oxygen atoms in total. The number of ether oxygens (including phenoxy) is 4. The predicted octanol–water partition coefficient (Wildman–Crippen LogP) is 0.508. The minimum absolute atomic E-state index is 0.222. The maximum absolute atomic E-state index is 12.4. The number of esters is 1. The Bertz CT molecular complexity index is 650. The third kappa shape index (κ3) is 5.01. The highest BCUT2D eigenvalue weighted by Crippen LogP contribution is 2.38. The number of carbonyl (C=O) groups excluding carboxylic acids is 3. The van der Waals surface area contributed by atoms with E-state index in [0.29, 0.717) is 17.2 Å². The fourth-order valence-corrected chi connectivity index (χ4v) is 2.13. The number of nitrogens with one attached hydrogen (secondary N) is 2. The first-order valence-electron chi connectivity index (χ1n) is 7.78. The molecule has 0 spiro atoms. The van der Waals surface area contributed by atoms with Crippen molar-refractivity contribution in [3.63, 3.8) is 0 Å². The van der Waals surface area contributed by atoms with Gasteiger partial charge >= 0.3 is 5.97 Å². The fraction of sp³-hybridized carbons (Fsp3) is 0.471. The van der Waals surface area contributed by atoms with Gasteiger partial charge in [-0.1, -0.05) is 0 Å². The van der Waals surface area contributed by atoms with Crippen LogP contribution in [-0.2, 0) is 14.3 Å². The van der Waals surface area contributed by atoms with E-state index in [4.69, 9.17) is 14.2 Å². The van der Waals surface area contributed by atoms with E-state index in [9.17, 15) is 14.4 Å². The average molecular weight is 368 g/mol. The fourth-order valence-electron chi connectivity index (χ4n) is 2.13. The van der Waals surface area contributed by atoms with Gasteiger partial charge in [-0.25, -0.2) is 4.79 Å². The Labute approximate surface area is 151 Å². The first kappa shape index (κ1) is 21.1. The van der Waals surface area contributed by atoms with Gasteiger partial charge in [-0.2, -0.15) is 0 Å². The summed E-state index contributed by atoms with van der Waals surface area (Å²) in [5, 5.41) is 5.00. The van der Waals surface area contributed by atoms with Gasteiger partial charge in [0.15, 0.2) is 11.5 Å². The van der Waals surface area contributed by atoms with Crippen molar-refractivity contribution in [2.45, 2.75) is 25.9 Å². The second-order valence-electron chi connectivity index (χ2n) is 5.36. The Kier molecular flexibility index (Phi) is 7.70. The van der Waals surface area contributed by atoms with Gasteiger partial charge < -0.3 is 29.6 Å². The Morgan fingerprint density at radius 1 is 0.846 bits per heavy atom. The van der Waals surface area contributed by atoms with E-state index in [1.807, 2.05) is 0 Å². The smallest absolute Gasteiger partial charge is 0.328 e. The molecule has 0 heterocycles. The zero-order valence-corrected chi connectivity index (χ0v) is 15.7. The third-order valence-corrected chi connectivity index (χ3v) is 3.58. The molecule has 1 aromatic carbocycles. The summed E-state index contributed by atoms with van der Waals surface area (Å²) in [6, 6.07) is 1.23. The van der Waals surface area contributed by atoms with Crippen LogP contribution < -0.4 is 24.8 Å². The number of rotatable bonds is 8. The number of amides is 2. The van der Waals surface area contributed by atoms with Crippen molar-refractivity contribution in [2.75, 3.05) is 28.4 Å². The van der Waals surface area contributed by atoms with Crippen molar-refractivity contribution in [3.8, 4) is 17.2 Å². The van der Waals surface area contributed by atoms with Crippen LogP contribution in [0.5, 0.6) is 17.2 Å². The van der Waals surface area contributed by atoms with E-state index in [1.54, 1.807) is 0 Å². The predicted molar refractivity (Wildman–Crippen MR) is 92.6 cm³/mol. The lowest BCUT2D eigenvalue weighted by Gasteiger charge is -2.18. The third-order valence-electron chi connectivity index (χ3n) is 3.58. The molecule has 144 valence electrons. The Morgan fingerprint density at radius 3 is 1.81 bits per heavy atom. The molecule has 1 rings (SSSR count). The van der Waals surface area contributed by atoms with Gasteiger partial charge in [0.05, 0.1) is 28.4 Å². The van der Waals surface area contributed by atoms with Gasteiger partial charge in [-0.05, 0) is 26.0 Å². The number of methoxy groups -OCH3 is 4. The molecule has 0 radical (unpaired) electrons. The highest BCUT2D eigenvalue weighted by molar-refractivity contribution is 5.99. The topological polar surface area (TPSA) is 112 Å². The Balaban J connectivity index is 2.90. The van der Waals surface area contributed by atoms with Crippen LogP contribution in [0.4, 0.5) is 0 Å². The maximum Gasteiger partial charge on any atom is 0.328 e. The maximum atomic E-state index is 12.4. The normalized spacial score (nSPS) is 12.4. The van der Waals surface area contributed by atoms with Crippen LogP contribution >= 0.6 is 0 Å². The van der Waals surface area contributed by atoms with Crippen LogP contribution in [0.1, 0.15) is 24.2 Å². The highest BCUT2D eigenvalue weighted by atomic mass is 16.5. The summed E-state index contributed by atoms with van der Waals surface area (Å²) in [4.78, 5) is 35.9. The van der Waals surface area contributed by atoms with E-state index < -0.39 is 29.9 Å². The molecule has 26 heavy (non-hydrogen) atoms. The average Bonchev–Trinajstić information content (AvgIpc) is 2.65. The van der Waals surface area contributed by atoms with Gasteiger partial charge in [0, 0.05) is 5.56 Å². The van der Waals surface area contributed by atoms with Crippen LogP contribution in [-0.4, -0.2) is 58.3 Å². The molecule has 0 aliphatic carbocycles. The summed E-state index contributed by atoms with van der Waals surface area (Å²) in [6.45, 7) is 2.98. The SMILES string of the molecule is COC(=O)[C@@H](C)NC(=O)[C@@H](C)NC(=O)c1cc(OC)c(OC)c(OC)c1. The highest BCUT2D eigenvalue weighted by Gasteiger charge is 2.23. The van der Waals surface area contributed by atoms with Gasteiger partial charge in [0.25, 0.3) is 5.91 Å². The first-order valence-corrected chi connectivity index (χ1v) is 7.78. The lowest BCUT2D eigenvalue weighted by molar-refractivity contribution is -0.144. The van der Waals surface area contributed by atoms with Crippen LogP contribution in [0, 0.1) is 0 Å². The van der Waals surface area contributed by atoms with E-state index in [-0.39, 0.29) is 5.56 Å². The molecule has 0 aliphatic heterocycles. The molecular weight excluding hydrogens is 344 g/mol. The summed E-state index contributed by atoms with van der Waals surface area (Å²) < 4.78 is 20.1. The summed E-state index contributed by atoms with van der Waals surface area (Å²) >= 11 is 0. The van der Waals surface area contributed by atoms with Crippen LogP contribution in [0.15, 0.2) is 12.1 Å². The molecule has 0 saturated carbocycles. The zero-order chi connectivity index (χ0) is 19.9. The lowest BCUT2D eigenvalue weighted by atomic mass is 10.1. The van der Waals surface area contributed by atoms with Crippen molar-refractivity contribution in [2.24, 2.45) is 0 Å². The van der Waals surface area contributed by atoms with E-state index in [2.05, 4.69) is 15.4 Å². The van der Waals surface area contributed by atoms with Crippen LogP contribution in [0.25, 0.3) is 0 Å². The van der Waals surface area contributed by atoms with E-state index in [1.165, 1.54) is 54.4 Å². The monoisotopic (exact) mass is 368 g/mol. The van der Waals surface area contributed by atoms with Crippen LogP contribution in [0.3, 0.4) is 0 Å². The Hall–Kier alpha value is -2.97. The number of carbonyl (C=O) groups is 3. The molecule has 0 bridgehead atoms. The number of benzene rings is 1. The molecule has 0 fully saturated rings. The van der Waals surface area contributed by atoms with Crippen LogP contribution in [0.2, 0.25) is 0 Å². The lowest BCUT2D eigenvalue weighted by Crippen LogP contribution is -2.49. The number of hydrogen-bond donors (Lipinski definition) is 2.